The normalized spacial score (nSPS) is 12.5. The van der Waals surface area contributed by atoms with Crippen molar-refractivity contribution in [1.82, 2.24) is 5.32 Å². The van der Waals surface area contributed by atoms with Crippen LogP contribution in [0.25, 0.3) is 0 Å². The Hall–Kier alpha value is -2.48. The van der Waals surface area contributed by atoms with E-state index in [1.807, 2.05) is 0 Å². The third-order valence-corrected chi connectivity index (χ3v) is 3.77. The van der Waals surface area contributed by atoms with E-state index in [4.69, 9.17) is 0 Å². The molecule has 0 bridgehead atoms. The number of halogens is 2. The molecule has 2 aromatic rings. The Morgan fingerprint density at radius 3 is 2.29 bits per heavy atom. The quantitative estimate of drug-likeness (QED) is 0.867. The molecule has 0 saturated carbocycles. The highest BCUT2D eigenvalue weighted by molar-refractivity contribution is 7.92. The van der Waals surface area contributed by atoms with Crippen LogP contribution in [0.4, 0.5) is 14.5 Å². The molecule has 0 aliphatic carbocycles. The lowest BCUT2D eigenvalue weighted by atomic mass is 10.1. The second-order valence-corrected chi connectivity index (χ2v) is 7.10. The van der Waals surface area contributed by atoms with E-state index >= 15 is 0 Å². The minimum Gasteiger partial charge on any atom is -0.346 e. The number of carbonyl (C=O) groups is 1. The highest BCUT2D eigenvalue weighted by Gasteiger charge is 2.14. The number of amides is 1. The SMILES string of the molecule is C[C@@H](NC(=O)c1cc(F)cc(F)c1)c1cccc(NS(C)(=O)=O)c1. The van der Waals surface area contributed by atoms with E-state index in [2.05, 4.69) is 10.0 Å². The number of nitrogens with one attached hydrogen (secondary N) is 2. The highest BCUT2D eigenvalue weighted by Crippen LogP contribution is 2.19. The minimum absolute atomic E-state index is 0.134. The van der Waals surface area contributed by atoms with Crippen molar-refractivity contribution in [3.05, 3.63) is 65.2 Å². The number of hydrogen-bond donors (Lipinski definition) is 2. The summed E-state index contributed by atoms with van der Waals surface area (Å²) in [6.45, 7) is 1.67. The van der Waals surface area contributed by atoms with Gasteiger partial charge in [0.05, 0.1) is 12.3 Å². The molecule has 1 atom stereocenters. The second-order valence-electron chi connectivity index (χ2n) is 5.35. The standard InChI is InChI=1S/C16H16F2N2O3S/c1-10(11-4-3-5-15(8-11)20-24(2,22)23)19-16(21)12-6-13(17)9-14(18)7-12/h3-10,20H,1-2H3,(H,19,21)/t10-/m1/s1. The number of hydrogen-bond acceptors (Lipinski definition) is 3. The van der Waals surface area contributed by atoms with Crippen molar-refractivity contribution in [3.63, 3.8) is 0 Å². The van der Waals surface area contributed by atoms with Crippen molar-refractivity contribution < 1.29 is 22.0 Å². The fourth-order valence-electron chi connectivity index (χ4n) is 2.13. The van der Waals surface area contributed by atoms with Crippen LogP contribution < -0.4 is 10.0 Å². The Morgan fingerprint density at radius 1 is 1.08 bits per heavy atom. The maximum absolute atomic E-state index is 13.2. The van der Waals surface area contributed by atoms with Crippen LogP contribution >= 0.6 is 0 Å². The second kappa shape index (κ2) is 6.96. The molecule has 0 aromatic heterocycles. The highest BCUT2D eigenvalue weighted by atomic mass is 32.2. The van der Waals surface area contributed by atoms with Crippen molar-refractivity contribution in [2.24, 2.45) is 0 Å². The molecule has 0 saturated heterocycles. The third kappa shape index (κ3) is 5.02. The topological polar surface area (TPSA) is 75.3 Å². The molecule has 1 amide bonds. The van der Waals surface area contributed by atoms with Crippen LogP contribution in [0.2, 0.25) is 0 Å². The summed E-state index contributed by atoms with van der Waals surface area (Å²) in [6.07, 6.45) is 1.03. The zero-order valence-corrected chi connectivity index (χ0v) is 13.8. The largest absolute Gasteiger partial charge is 0.346 e. The lowest BCUT2D eigenvalue weighted by molar-refractivity contribution is 0.0939. The number of sulfonamides is 1. The van der Waals surface area contributed by atoms with Gasteiger partial charge in [-0.3, -0.25) is 9.52 Å². The van der Waals surface area contributed by atoms with Gasteiger partial charge in [-0.2, -0.15) is 0 Å². The molecule has 24 heavy (non-hydrogen) atoms. The van der Waals surface area contributed by atoms with E-state index in [0.29, 0.717) is 17.3 Å². The van der Waals surface area contributed by atoms with Gasteiger partial charge in [0.2, 0.25) is 10.0 Å². The lowest BCUT2D eigenvalue weighted by Gasteiger charge is -2.16. The van der Waals surface area contributed by atoms with Gasteiger partial charge in [0.25, 0.3) is 5.91 Å². The van der Waals surface area contributed by atoms with Gasteiger partial charge in [0.15, 0.2) is 0 Å². The van der Waals surface area contributed by atoms with Crippen LogP contribution in [0.15, 0.2) is 42.5 Å². The molecule has 5 nitrogen and oxygen atoms in total. The average molecular weight is 354 g/mol. The molecule has 0 aliphatic heterocycles. The summed E-state index contributed by atoms with van der Waals surface area (Å²) in [5.41, 5.74) is 0.853. The molecule has 8 heteroatoms. The van der Waals surface area contributed by atoms with Gasteiger partial charge >= 0.3 is 0 Å². The predicted octanol–water partition coefficient (Wildman–Crippen LogP) is 2.83. The van der Waals surface area contributed by atoms with Crippen LogP contribution in [-0.2, 0) is 10.0 Å². The molecule has 0 radical (unpaired) electrons. The van der Waals surface area contributed by atoms with Crippen molar-refractivity contribution >= 4 is 21.6 Å². The van der Waals surface area contributed by atoms with Crippen LogP contribution in [0.5, 0.6) is 0 Å². The smallest absolute Gasteiger partial charge is 0.251 e. The molecule has 2 aromatic carbocycles. The van der Waals surface area contributed by atoms with Gasteiger partial charge in [-0.05, 0) is 36.8 Å². The molecule has 2 rings (SSSR count). The molecule has 0 heterocycles. The first-order valence-electron chi connectivity index (χ1n) is 6.99. The Labute approximate surface area is 138 Å². The van der Waals surface area contributed by atoms with E-state index in [0.717, 1.165) is 18.4 Å². The van der Waals surface area contributed by atoms with Gasteiger partial charge in [-0.15, -0.1) is 0 Å². The Balaban J connectivity index is 2.15. The average Bonchev–Trinajstić information content (AvgIpc) is 2.44. The van der Waals surface area contributed by atoms with Gasteiger partial charge in [-0.1, -0.05) is 12.1 Å². The summed E-state index contributed by atoms with van der Waals surface area (Å²) in [5.74, 6) is -2.32. The van der Waals surface area contributed by atoms with Gasteiger partial charge in [0.1, 0.15) is 11.6 Å². The monoisotopic (exact) mass is 354 g/mol. The first-order chi connectivity index (χ1) is 11.1. The fraction of sp³-hybridized carbons (Fsp3) is 0.188. The summed E-state index contributed by atoms with van der Waals surface area (Å²) in [6, 6.07) is 8.53. The molecule has 0 unspecified atom stereocenters. The van der Waals surface area contributed by atoms with Gasteiger partial charge < -0.3 is 5.32 Å². The predicted molar refractivity (Wildman–Crippen MR) is 87.1 cm³/mol. The van der Waals surface area contributed by atoms with E-state index in [1.54, 1.807) is 31.2 Å². The van der Waals surface area contributed by atoms with E-state index in [9.17, 15) is 22.0 Å². The van der Waals surface area contributed by atoms with Crippen molar-refractivity contribution in [1.29, 1.82) is 0 Å². The summed E-state index contributed by atoms with van der Waals surface area (Å²) in [5, 5.41) is 2.61. The Kier molecular flexibility index (Phi) is 5.18. The van der Waals surface area contributed by atoms with Crippen LogP contribution in [0.3, 0.4) is 0 Å². The van der Waals surface area contributed by atoms with Crippen molar-refractivity contribution in [3.8, 4) is 0 Å². The van der Waals surface area contributed by atoms with E-state index < -0.39 is 33.6 Å². The molecule has 2 N–H and O–H groups in total. The zero-order valence-electron chi connectivity index (χ0n) is 13.0. The molecule has 0 aliphatic rings. The molecular weight excluding hydrogens is 338 g/mol. The molecule has 0 spiro atoms. The first-order valence-corrected chi connectivity index (χ1v) is 8.88. The van der Waals surface area contributed by atoms with Crippen molar-refractivity contribution in [2.45, 2.75) is 13.0 Å². The summed E-state index contributed by atoms with van der Waals surface area (Å²) in [7, 11) is -3.42. The molecular formula is C16H16F2N2O3S. The van der Waals surface area contributed by atoms with E-state index in [1.165, 1.54) is 0 Å². The summed E-state index contributed by atoms with van der Waals surface area (Å²) < 4.78 is 51.2. The van der Waals surface area contributed by atoms with Crippen LogP contribution in [-0.4, -0.2) is 20.6 Å². The minimum atomic E-state index is -3.42. The number of carbonyl (C=O) groups excluding carboxylic acids is 1. The Bertz CT molecular complexity index is 849. The zero-order chi connectivity index (χ0) is 17.9. The molecule has 0 fully saturated rings. The maximum Gasteiger partial charge on any atom is 0.251 e. The lowest BCUT2D eigenvalue weighted by Crippen LogP contribution is -2.27. The Morgan fingerprint density at radius 2 is 1.71 bits per heavy atom. The number of benzene rings is 2. The van der Waals surface area contributed by atoms with Crippen LogP contribution in [0, 0.1) is 11.6 Å². The van der Waals surface area contributed by atoms with Gasteiger partial charge in [0, 0.05) is 17.3 Å². The fourth-order valence-corrected chi connectivity index (χ4v) is 2.69. The number of rotatable bonds is 5. The maximum atomic E-state index is 13.2. The first kappa shape index (κ1) is 17.9. The third-order valence-electron chi connectivity index (χ3n) is 3.16. The van der Waals surface area contributed by atoms with Crippen molar-refractivity contribution in [2.75, 3.05) is 11.0 Å². The summed E-state index contributed by atoms with van der Waals surface area (Å²) in [4.78, 5) is 12.1. The van der Waals surface area contributed by atoms with E-state index in [-0.39, 0.29) is 5.56 Å². The van der Waals surface area contributed by atoms with Crippen LogP contribution in [0.1, 0.15) is 28.9 Å². The van der Waals surface area contributed by atoms with Gasteiger partial charge in [-0.25, -0.2) is 17.2 Å². The number of anilines is 1. The summed E-state index contributed by atoms with van der Waals surface area (Å²) >= 11 is 0. The molecule has 128 valence electrons.